The summed E-state index contributed by atoms with van der Waals surface area (Å²) in [7, 11) is 0. The number of piperidine rings is 1. The SMILES string of the molecule is CC(C)(C)OC(=O)N(CCCCN(CC1CCNCC1)C(=O)OC(C)(C)C)Cc1ccccc1. The number of carbonyl (C=O) groups excluding carboxylic acids is 2. The predicted molar refractivity (Wildman–Crippen MR) is 136 cm³/mol. The largest absolute Gasteiger partial charge is 0.444 e. The molecule has 1 saturated heterocycles. The first-order valence-electron chi connectivity index (χ1n) is 12.6. The van der Waals surface area contributed by atoms with Crippen LogP contribution in [0.5, 0.6) is 0 Å². The van der Waals surface area contributed by atoms with Gasteiger partial charge in [-0.3, -0.25) is 0 Å². The van der Waals surface area contributed by atoms with Gasteiger partial charge in [0.15, 0.2) is 0 Å². The molecule has 0 unspecified atom stereocenters. The van der Waals surface area contributed by atoms with Crippen LogP contribution < -0.4 is 5.32 Å². The standard InChI is InChI=1S/C27H45N3O4/c1-26(2,3)33-24(31)29(20-22-12-8-7-9-13-22)18-10-11-19-30(25(32)34-27(4,5)6)21-23-14-16-28-17-15-23/h7-9,12-13,23,28H,10-11,14-21H2,1-6H3. The quantitative estimate of drug-likeness (QED) is 0.482. The Morgan fingerprint density at radius 1 is 0.853 bits per heavy atom. The van der Waals surface area contributed by atoms with E-state index in [9.17, 15) is 9.59 Å². The number of hydrogen-bond acceptors (Lipinski definition) is 5. The van der Waals surface area contributed by atoms with E-state index >= 15 is 0 Å². The van der Waals surface area contributed by atoms with E-state index in [2.05, 4.69) is 5.32 Å². The summed E-state index contributed by atoms with van der Waals surface area (Å²) in [5, 5.41) is 3.38. The Labute approximate surface area is 206 Å². The summed E-state index contributed by atoms with van der Waals surface area (Å²) in [6.07, 6.45) is 3.15. The van der Waals surface area contributed by atoms with Gasteiger partial charge in [0.1, 0.15) is 11.2 Å². The molecule has 0 radical (unpaired) electrons. The number of hydrogen-bond donors (Lipinski definition) is 1. The van der Waals surface area contributed by atoms with Crippen LogP contribution in [0.1, 0.15) is 72.8 Å². The number of carbonyl (C=O) groups is 2. The summed E-state index contributed by atoms with van der Waals surface area (Å²) >= 11 is 0. The zero-order valence-corrected chi connectivity index (χ0v) is 22.1. The van der Waals surface area contributed by atoms with Crippen LogP contribution >= 0.6 is 0 Å². The smallest absolute Gasteiger partial charge is 0.410 e. The van der Waals surface area contributed by atoms with Gasteiger partial charge in [0.25, 0.3) is 0 Å². The molecule has 0 atom stereocenters. The molecule has 34 heavy (non-hydrogen) atoms. The van der Waals surface area contributed by atoms with Gasteiger partial charge in [-0.05, 0) is 91.8 Å². The molecule has 1 aromatic rings. The Hall–Kier alpha value is -2.28. The number of nitrogens with one attached hydrogen (secondary N) is 1. The van der Waals surface area contributed by atoms with Crippen molar-refractivity contribution in [3.05, 3.63) is 35.9 Å². The van der Waals surface area contributed by atoms with Crippen LogP contribution in [0.15, 0.2) is 30.3 Å². The highest BCUT2D eigenvalue weighted by Crippen LogP contribution is 2.18. The maximum Gasteiger partial charge on any atom is 0.410 e. The molecule has 0 bridgehead atoms. The molecule has 1 fully saturated rings. The van der Waals surface area contributed by atoms with Crippen LogP contribution in [-0.2, 0) is 16.0 Å². The topological polar surface area (TPSA) is 71.1 Å². The second kappa shape index (κ2) is 13.0. The number of nitrogens with zero attached hydrogens (tertiary/aromatic N) is 2. The molecule has 2 rings (SSSR count). The number of benzene rings is 1. The molecule has 1 N–H and O–H groups in total. The van der Waals surface area contributed by atoms with E-state index in [1.165, 1.54) is 0 Å². The Morgan fingerprint density at radius 3 is 1.88 bits per heavy atom. The van der Waals surface area contributed by atoms with Gasteiger partial charge >= 0.3 is 12.2 Å². The van der Waals surface area contributed by atoms with Gasteiger partial charge in [-0.2, -0.15) is 0 Å². The summed E-state index contributed by atoms with van der Waals surface area (Å²) in [6, 6.07) is 9.94. The molecule has 0 aliphatic carbocycles. The number of rotatable bonds is 9. The van der Waals surface area contributed by atoms with E-state index in [-0.39, 0.29) is 12.2 Å². The fourth-order valence-electron chi connectivity index (χ4n) is 3.93. The molecule has 2 amide bonds. The summed E-state index contributed by atoms with van der Waals surface area (Å²) < 4.78 is 11.3. The monoisotopic (exact) mass is 475 g/mol. The highest BCUT2D eigenvalue weighted by molar-refractivity contribution is 5.68. The Morgan fingerprint density at radius 2 is 1.35 bits per heavy atom. The molecule has 1 aliphatic rings. The van der Waals surface area contributed by atoms with Crippen molar-refractivity contribution >= 4 is 12.2 Å². The first kappa shape index (κ1) is 28.0. The molecular formula is C27H45N3O4. The Bertz CT molecular complexity index is 749. The molecule has 192 valence electrons. The minimum atomic E-state index is -0.547. The summed E-state index contributed by atoms with van der Waals surface area (Å²) in [5.74, 6) is 0.491. The average Bonchev–Trinajstić information content (AvgIpc) is 2.74. The van der Waals surface area contributed by atoms with Gasteiger partial charge < -0.3 is 24.6 Å². The van der Waals surface area contributed by atoms with Gasteiger partial charge in [-0.1, -0.05) is 30.3 Å². The van der Waals surface area contributed by atoms with Crippen LogP contribution in [0, 0.1) is 5.92 Å². The van der Waals surface area contributed by atoms with E-state index in [0.717, 1.165) is 50.9 Å². The number of ether oxygens (including phenoxy) is 2. The highest BCUT2D eigenvalue weighted by atomic mass is 16.6. The van der Waals surface area contributed by atoms with Crippen molar-refractivity contribution in [2.75, 3.05) is 32.7 Å². The van der Waals surface area contributed by atoms with Crippen LogP contribution in [0.2, 0.25) is 0 Å². The van der Waals surface area contributed by atoms with Crippen molar-refractivity contribution in [1.82, 2.24) is 15.1 Å². The van der Waals surface area contributed by atoms with E-state index in [1.807, 2.05) is 76.8 Å². The molecule has 7 nitrogen and oxygen atoms in total. The maximum absolute atomic E-state index is 12.9. The van der Waals surface area contributed by atoms with Crippen LogP contribution in [0.25, 0.3) is 0 Å². The maximum atomic E-state index is 12.9. The van der Waals surface area contributed by atoms with Gasteiger partial charge in [-0.15, -0.1) is 0 Å². The van der Waals surface area contributed by atoms with Gasteiger partial charge in [0.2, 0.25) is 0 Å². The summed E-state index contributed by atoms with van der Waals surface area (Å²) in [4.78, 5) is 29.3. The summed E-state index contributed by atoms with van der Waals surface area (Å²) in [6.45, 7) is 15.7. The molecule has 1 aromatic carbocycles. The van der Waals surface area contributed by atoms with Gasteiger partial charge in [0, 0.05) is 26.2 Å². The normalized spacial score (nSPS) is 15.0. The van der Waals surface area contributed by atoms with E-state index in [0.29, 0.717) is 25.6 Å². The average molecular weight is 476 g/mol. The first-order valence-corrected chi connectivity index (χ1v) is 12.6. The minimum Gasteiger partial charge on any atom is -0.444 e. The lowest BCUT2D eigenvalue weighted by molar-refractivity contribution is 0.0179. The predicted octanol–water partition coefficient (Wildman–Crippen LogP) is 5.44. The van der Waals surface area contributed by atoms with E-state index in [1.54, 1.807) is 4.90 Å². The highest BCUT2D eigenvalue weighted by Gasteiger charge is 2.26. The lowest BCUT2D eigenvalue weighted by atomic mass is 9.97. The Kier molecular flexibility index (Phi) is 10.7. The van der Waals surface area contributed by atoms with Crippen molar-refractivity contribution in [2.24, 2.45) is 5.92 Å². The van der Waals surface area contributed by atoms with Gasteiger partial charge in [-0.25, -0.2) is 9.59 Å². The number of amides is 2. The van der Waals surface area contributed by atoms with Crippen LogP contribution in [0.3, 0.4) is 0 Å². The Balaban J connectivity index is 1.96. The lowest BCUT2D eigenvalue weighted by Gasteiger charge is -2.32. The molecule has 0 spiro atoms. The summed E-state index contributed by atoms with van der Waals surface area (Å²) in [5.41, 5.74) is -0.00393. The zero-order valence-electron chi connectivity index (χ0n) is 22.1. The van der Waals surface area contributed by atoms with Crippen LogP contribution in [0.4, 0.5) is 9.59 Å². The van der Waals surface area contributed by atoms with E-state index in [4.69, 9.17) is 9.47 Å². The third kappa shape index (κ3) is 11.2. The fraction of sp³-hybridized carbons (Fsp3) is 0.704. The lowest BCUT2D eigenvalue weighted by Crippen LogP contribution is -2.42. The first-order chi connectivity index (χ1) is 15.9. The molecule has 0 saturated carbocycles. The molecule has 1 heterocycles. The van der Waals surface area contributed by atoms with Crippen molar-refractivity contribution in [2.45, 2.75) is 85.0 Å². The second-order valence-corrected chi connectivity index (χ2v) is 11.2. The fourth-order valence-corrected chi connectivity index (χ4v) is 3.93. The van der Waals surface area contributed by atoms with Crippen molar-refractivity contribution in [1.29, 1.82) is 0 Å². The second-order valence-electron chi connectivity index (χ2n) is 11.2. The molecule has 0 aromatic heterocycles. The number of unbranched alkanes of at least 4 members (excludes halogenated alkanes) is 1. The zero-order chi connectivity index (χ0) is 25.2. The molecule has 1 aliphatic heterocycles. The molecular weight excluding hydrogens is 430 g/mol. The molecule has 7 heteroatoms. The van der Waals surface area contributed by atoms with Crippen molar-refractivity contribution in [3.8, 4) is 0 Å². The third-order valence-corrected chi connectivity index (χ3v) is 5.56. The van der Waals surface area contributed by atoms with Gasteiger partial charge in [0.05, 0.1) is 0 Å². The van der Waals surface area contributed by atoms with Crippen molar-refractivity contribution in [3.63, 3.8) is 0 Å². The third-order valence-electron chi connectivity index (χ3n) is 5.56. The van der Waals surface area contributed by atoms with Crippen LogP contribution in [-0.4, -0.2) is 65.9 Å². The minimum absolute atomic E-state index is 0.251. The van der Waals surface area contributed by atoms with E-state index < -0.39 is 11.2 Å². The van der Waals surface area contributed by atoms with Crippen molar-refractivity contribution < 1.29 is 19.1 Å².